The highest BCUT2D eigenvalue weighted by atomic mass is 16.6. The topological polar surface area (TPSA) is 55.6 Å². The number of benzene rings is 2. The molecule has 162 valence electrons. The first-order valence-corrected chi connectivity index (χ1v) is 11.1. The molecule has 0 radical (unpaired) electrons. The van der Waals surface area contributed by atoms with Crippen LogP contribution in [0.1, 0.15) is 57.6 Å². The highest BCUT2D eigenvalue weighted by molar-refractivity contribution is 5.68. The molecule has 4 nitrogen and oxygen atoms in total. The van der Waals surface area contributed by atoms with Crippen molar-refractivity contribution < 1.29 is 9.53 Å². The van der Waals surface area contributed by atoms with E-state index < -0.39 is 5.60 Å². The number of aryl methyl sites for hydroxylation is 2. The maximum Gasteiger partial charge on any atom is 0.410 e. The zero-order chi connectivity index (χ0) is 21.6. The van der Waals surface area contributed by atoms with E-state index in [2.05, 4.69) is 42.5 Å². The third kappa shape index (κ3) is 6.25. The summed E-state index contributed by atoms with van der Waals surface area (Å²) in [6, 6.07) is 18.9. The Kier molecular flexibility index (Phi) is 7.06. The van der Waals surface area contributed by atoms with E-state index >= 15 is 0 Å². The van der Waals surface area contributed by atoms with E-state index in [1.807, 2.05) is 37.8 Å². The lowest BCUT2D eigenvalue weighted by Crippen LogP contribution is -2.45. The Morgan fingerprint density at radius 2 is 1.57 bits per heavy atom. The molecule has 1 saturated heterocycles. The number of nitrogen functional groups attached to an aromatic ring is 1. The summed E-state index contributed by atoms with van der Waals surface area (Å²) in [7, 11) is 0. The molecule has 0 atom stereocenters. The van der Waals surface area contributed by atoms with Crippen molar-refractivity contribution in [1.82, 2.24) is 4.90 Å². The van der Waals surface area contributed by atoms with Gasteiger partial charge in [-0.05, 0) is 81.9 Å². The summed E-state index contributed by atoms with van der Waals surface area (Å²) in [6.45, 7) is 7.28. The van der Waals surface area contributed by atoms with E-state index in [9.17, 15) is 4.79 Å². The third-order valence-electron chi connectivity index (χ3n) is 6.24. The van der Waals surface area contributed by atoms with Crippen molar-refractivity contribution in [3.8, 4) is 0 Å². The van der Waals surface area contributed by atoms with Gasteiger partial charge in [0.2, 0.25) is 0 Å². The minimum atomic E-state index is -0.455. The second kappa shape index (κ2) is 9.55. The zero-order valence-electron chi connectivity index (χ0n) is 18.7. The Morgan fingerprint density at radius 3 is 2.20 bits per heavy atom. The first kappa shape index (κ1) is 22.2. The van der Waals surface area contributed by atoms with Gasteiger partial charge >= 0.3 is 6.09 Å². The Labute approximate surface area is 181 Å². The molecule has 0 unspecified atom stereocenters. The summed E-state index contributed by atoms with van der Waals surface area (Å²) in [4.78, 5) is 14.4. The lowest BCUT2D eigenvalue weighted by molar-refractivity contribution is 0.00770. The van der Waals surface area contributed by atoms with Gasteiger partial charge in [0, 0.05) is 18.8 Å². The van der Waals surface area contributed by atoms with Gasteiger partial charge < -0.3 is 15.4 Å². The van der Waals surface area contributed by atoms with Crippen molar-refractivity contribution in [2.24, 2.45) is 5.41 Å². The number of carbonyl (C=O) groups is 1. The number of nitrogens with zero attached hydrogens (tertiary/aromatic N) is 1. The first-order chi connectivity index (χ1) is 14.3. The van der Waals surface area contributed by atoms with Crippen LogP contribution in [-0.2, 0) is 17.6 Å². The Hall–Kier alpha value is -2.49. The molecule has 4 heteroatoms. The Morgan fingerprint density at radius 1 is 0.967 bits per heavy atom. The molecule has 2 aromatic rings. The third-order valence-corrected chi connectivity index (χ3v) is 6.24. The minimum absolute atomic E-state index is 0.188. The molecule has 0 bridgehead atoms. The van der Waals surface area contributed by atoms with Crippen LogP contribution in [0.4, 0.5) is 10.5 Å². The Bertz CT molecular complexity index is 818. The van der Waals surface area contributed by atoms with E-state index in [4.69, 9.17) is 10.5 Å². The summed E-state index contributed by atoms with van der Waals surface area (Å²) in [5.74, 6) is 0. The molecule has 1 aliphatic rings. The first-order valence-electron chi connectivity index (χ1n) is 11.1. The number of piperidine rings is 1. The van der Waals surface area contributed by atoms with Gasteiger partial charge in [0.05, 0.1) is 0 Å². The quantitative estimate of drug-likeness (QED) is 0.610. The molecule has 1 aliphatic heterocycles. The normalized spacial score (nSPS) is 16.3. The monoisotopic (exact) mass is 408 g/mol. The van der Waals surface area contributed by atoms with Gasteiger partial charge in [-0.1, -0.05) is 48.5 Å². The van der Waals surface area contributed by atoms with Crippen LogP contribution in [0.15, 0.2) is 54.6 Å². The van der Waals surface area contributed by atoms with E-state index in [-0.39, 0.29) is 11.5 Å². The molecule has 0 aromatic heterocycles. The van der Waals surface area contributed by atoms with Gasteiger partial charge in [-0.25, -0.2) is 4.79 Å². The van der Waals surface area contributed by atoms with Crippen LogP contribution in [-0.4, -0.2) is 29.7 Å². The van der Waals surface area contributed by atoms with Crippen molar-refractivity contribution in [1.29, 1.82) is 0 Å². The molecule has 2 aromatic carbocycles. The van der Waals surface area contributed by atoms with Gasteiger partial charge in [-0.15, -0.1) is 0 Å². The highest BCUT2D eigenvalue weighted by Gasteiger charge is 2.36. The number of anilines is 1. The van der Waals surface area contributed by atoms with Crippen LogP contribution >= 0.6 is 0 Å². The lowest BCUT2D eigenvalue weighted by atomic mass is 9.70. The molecule has 30 heavy (non-hydrogen) atoms. The van der Waals surface area contributed by atoms with Crippen LogP contribution in [0.25, 0.3) is 0 Å². The average Bonchev–Trinajstić information content (AvgIpc) is 2.72. The molecular weight excluding hydrogens is 372 g/mol. The van der Waals surface area contributed by atoms with Crippen LogP contribution in [0.3, 0.4) is 0 Å². The van der Waals surface area contributed by atoms with Crippen LogP contribution in [0.2, 0.25) is 0 Å². The van der Waals surface area contributed by atoms with Gasteiger partial charge in [-0.3, -0.25) is 0 Å². The molecule has 1 amide bonds. The van der Waals surface area contributed by atoms with Crippen molar-refractivity contribution in [2.75, 3.05) is 18.8 Å². The summed E-state index contributed by atoms with van der Waals surface area (Å²) >= 11 is 0. The van der Waals surface area contributed by atoms with Crippen LogP contribution in [0, 0.1) is 5.41 Å². The standard InChI is InChI=1S/C26H36N2O2/c1-25(2,3)30-24(29)28-19-17-26(18-20-28,15-13-21-9-5-4-6-10-21)16-14-22-11-7-8-12-23(22)27/h4-12H,13-20,27H2,1-3H3. The molecule has 0 spiro atoms. The predicted octanol–water partition coefficient (Wildman–Crippen LogP) is 5.85. The fourth-order valence-corrected chi connectivity index (χ4v) is 4.33. The fourth-order valence-electron chi connectivity index (χ4n) is 4.33. The molecule has 0 saturated carbocycles. The average molecular weight is 409 g/mol. The Balaban J connectivity index is 1.67. The number of carbonyl (C=O) groups excluding carboxylic acids is 1. The van der Waals surface area contributed by atoms with Crippen LogP contribution < -0.4 is 5.73 Å². The van der Waals surface area contributed by atoms with E-state index in [0.717, 1.165) is 57.3 Å². The second-order valence-electron chi connectivity index (χ2n) is 9.65. The smallest absolute Gasteiger partial charge is 0.410 e. The number of likely N-dealkylation sites (tertiary alicyclic amines) is 1. The van der Waals surface area contributed by atoms with Gasteiger partial charge in [0.25, 0.3) is 0 Å². The van der Waals surface area contributed by atoms with Crippen molar-refractivity contribution in [3.05, 3.63) is 65.7 Å². The molecular formula is C26H36N2O2. The number of nitrogens with two attached hydrogens (primary N) is 1. The largest absolute Gasteiger partial charge is 0.444 e. The highest BCUT2D eigenvalue weighted by Crippen LogP contribution is 2.41. The number of rotatable bonds is 6. The maximum atomic E-state index is 12.5. The predicted molar refractivity (Wildman–Crippen MR) is 123 cm³/mol. The molecule has 3 rings (SSSR count). The van der Waals surface area contributed by atoms with Gasteiger partial charge in [-0.2, -0.15) is 0 Å². The van der Waals surface area contributed by atoms with E-state index in [1.165, 1.54) is 11.1 Å². The number of amides is 1. The van der Waals surface area contributed by atoms with Crippen LogP contribution in [0.5, 0.6) is 0 Å². The number of para-hydroxylation sites is 1. The minimum Gasteiger partial charge on any atom is -0.444 e. The zero-order valence-corrected chi connectivity index (χ0v) is 18.7. The SMILES string of the molecule is CC(C)(C)OC(=O)N1CCC(CCc2ccccc2)(CCc2ccccc2N)CC1. The van der Waals surface area contributed by atoms with Gasteiger partial charge in [0.1, 0.15) is 5.60 Å². The second-order valence-corrected chi connectivity index (χ2v) is 9.65. The maximum absolute atomic E-state index is 12.5. The summed E-state index contributed by atoms with van der Waals surface area (Å²) in [5, 5.41) is 0. The van der Waals surface area contributed by atoms with Gasteiger partial charge in [0.15, 0.2) is 0 Å². The van der Waals surface area contributed by atoms with E-state index in [0.29, 0.717) is 0 Å². The summed E-state index contributed by atoms with van der Waals surface area (Å²) in [6.07, 6.45) is 6.09. The molecule has 1 heterocycles. The number of ether oxygens (including phenoxy) is 1. The van der Waals surface area contributed by atoms with Crippen molar-refractivity contribution >= 4 is 11.8 Å². The molecule has 0 aliphatic carbocycles. The summed E-state index contributed by atoms with van der Waals surface area (Å²) < 4.78 is 5.59. The number of hydrogen-bond donors (Lipinski definition) is 1. The van der Waals surface area contributed by atoms with E-state index in [1.54, 1.807) is 0 Å². The fraction of sp³-hybridized carbons (Fsp3) is 0.500. The molecule has 2 N–H and O–H groups in total. The summed E-state index contributed by atoms with van der Waals surface area (Å²) in [5.41, 5.74) is 9.44. The molecule has 1 fully saturated rings. The number of hydrogen-bond acceptors (Lipinski definition) is 3. The van der Waals surface area contributed by atoms with Crippen molar-refractivity contribution in [2.45, 2.75) is 64.9 Å². The lowest BCUT2D eigenvalue weighted by Gasteiger charge is -2.42. The van der Waals surface area contributed by atoms with Crippen molar-refractivity contribution in [3.63, 3.8) is 0 Å².